The normalized spacial score (nSPS) is 21.2. The Morgan fingerprint density at radius 2 is 1.72 bits per heavy atom. The van der Waals surface area contributed by atoms with E-state index in [-0.39, 0.29) is 30.8 Å². The third-order valence-electron chi connectivity index (χ3n) is 6.98. The summed E-state index contributed by atoms with van der Waals surface area (Å²) in [6, 6.07) is 21.0. The van der Waals surface area contributed by atoms with E-state index in [4.69, 9.17) is 4.74 Å². The summed E-state index contributed by atoms with van der Waals surface area (Å²) in [5.74, 6) is -0.963. The summed E-state index contributed by atoms with van der Waals surface area (Å²) in [4.78, 5) is 38.0. The Balaban J connectivity index is 1.42. The summed E-state index contributed by atoms with van der Waals surface area (Å²) < 4.78 is 46.1. The van der Waals surface area contributed by atoms with Gasteiger partial charge in [-0.25, -0.2) is 12.8 Å². The van der Waals surface area contributed by atoms with Crippen molar-refractivity contribution in [1.29, 1.82) is 0 Å². The zero-order valence-corrected chi connectivity index (χ0v) is 22.3. The molecule has 1 N–H and O–H groups in total. The van der Waals surface area contributed by atoms with E-state index < -0.39 is 42.7 Å². The van der Waals surface area contributed by atoms with Crippen LogP contribution in [0.25, 0.3) is 0 Å². The largest absolute Gasteiger partial charge is 0.489 e. The Bertz CT molecular complexity index is 1500. The molecule has 2 atom stereocenters. The van der Waals surface area contributed by atoms with E-state index in [1.807, 2.05) is 30.3 Å². The van der Waals surface area contributed by atoms with E-state index in [1.54, 1.807) is 24.3 Å². The van der Waals surface area contributed by atoms with Crippen LogP contribution in [-0.4, -0.2) is 48.7 Å². The van der Waals surface area contributed by atoms with Gasteiger partial charge >= 0.3 is 0 Å². The smallest absolute Gasteiger partial charge is 0.286 e. The number of carbonyl (C=O) groups excluding carboxylic acids is 3. The molecule has 0 spiro atoms. The minimum Gasteiger partial charge on any atom is -0.489 e. The zero-order chi connectivity index (χ0) is 27.6. The summed E-state index contributed by atoms with van der Waals surface area (Å²) in [7, 11) is -4.09. The van der Waals surface area contributed by atoms with Gasteiger partial charge in [0, 0.05) is 19.5 Å². The predicted octanol–water partition coefficient (Wildman–Crippen LogP) is 4.05. The number of thioether (sulfide) groups is 1. The van der Waals surface area contributed by atoms with Crippen molar-refractivity contribution >= 4 is 38.7 Å². The number of carbonyl (C=O) groups is 3. The van der Waals surface area contributed by atoms with E-state index in [0.717, 1.165) is 29.5 Å². The van der Waals surface area contributed by atoms with Crippen molar-refractivity contribution in [2.75, 3.05) is 13.1 Å². The third-order valence-corrected chi connectivity index (χ3v) is 10.5. The van der Waals surface area contributed by atoms with Crippen LogP contribution in [-0.2, 0) is 30.8 Å². The van der Waals surface area contributed by atoms with E-state index in [2.05, 4.69) is 5.32 Å². The van der Waals surface area contributed by atoms with Gasteiger partial charge < -0.3 is 9.64 Å². The molecule has 0 aliphatic carbocycles. The van der Waals surface area contributed by atoms with Gasteiger partial charge in [0.15, 0.2) is 9.84 Å². The summed E-state index contributed by atoms with van der Waals surface area (Å²) in [6.07, 6.45) is -0.118. The van der Waals surface area contributed by atoms with Crippen LogP contribution in [0, 0.1) is 5.82 Å². The molecule has 3 aromatic carbocycles. The number of ether oxygens (including phenoxy) is 1. The van der Waals surface area contributed by atoms with Crippen molar-refractivity contribution in [1.82, 2.24) is 10.2 Å². The molecule has 2 unspecified atom stereocenters. The molecule has 0 bridgehead atoms. The molecule has 39 heavy (non-hydrogen) atoms. The third kappa shape index (κ3) is 5.41. The van der Waals surface area contributed by atoms with E-state index >= 15 is 0 Å². The van der Waals surface area contributed by atoms with Crippen LogP contribution < -0.4 is 10.1 Å². The van der Waals surface area contributed by atoms with E-state index in [0.29, 0.717) is 17.9 Å². The van der Waals surface area contributed by atoms with Crippen molar-refractivity contribution in [2.24, 2.45) is 0 Å². The van der Waals surface area contributed by atoms with Gasteiger partial charge in [-0.2, -0.15) is 0 Å². The standard InChI is InChI=1S/C28H25FN2O6S2/c29-21-8-12-23(13-9-21)39(35,36)28(14-15-31(18-28)25(32)16-24-26(33)30-27(34)38-24)20-6-10-22(11-7-20)37-17-19-4-2-1-3-5-19/h1-13,24H,14-18H2,(H,30,33,34). The van der Waals surface area contributed by atoms with Gasteiger partial charge in [0.1, 0.15) is 28.2 Å². The summed E-state index contributed by atoms with van der Waals surface area (Å²) in [6.45, 7) is 0.331. The molecule has 3 amide bonds. The minimum absolute atomic E-state index is 0.0565. The molecule has 2 fully saturated rings. The Labute approximate surface area is 229 Å². The molecule has 2 heterocycles. The number of hydrogen-bond acceptors (Lipinski definition) is 7. The van der Waals surface area contributed by atoms with Gasteiger partial charge in [-0.15, -0.1) is 0 Å². The molecule has 11 heteroatoms. The number of imide groups is 1. The topological polar surface area (TPSA) is 110 Å². The van der Waals surface area contributed by atoms with Crippen molar-refractivity contribution < 1.29 is 31.9 Å². The Morgan fingerprint density at radius 1 is 1.03 bits per heavy atom. The number of halogens is 1. The number of hydrogen-bond donors (Lipinski definition) is 1. The molecule has 8 nitrogen and oxygen atoms in total. The maximum Gasteiger partial charge on any atom is 0.286 e. The fraction of sp³-hybridized carbons (Fsp3) is 0.250. The van der Waals surface area contributed by atoms with E-state index in [1.165, 1.54) is 17.0 Å². The average molecular weight is 569 g/mol. The van der Waals surface area contributed by atoms with Gasteiger partial charge in [0.25, 0.3) is 5.24 Å². The molecule has 2 aliphatic heterocycles. The predicted molar refractivity (Wildman–Crippen MR) is 143 cm³/mol. The molecule has 202 valence electrons. The maximum atomic E-state index is 14.1. The first-order chi connectivity index (χ1) is 18.7. The second-order valence-electron chi connectivity index (χ2n) is 9.40. The van der Waals surface area contributed by atoms with Gasteiger partial charge in [0.2, 0.25) is 11.8 Å². The molecule has 0 aromatic heterocycles. The van der Waals surface area contributed by atoms with Gasteiger partial charge in [-0.05, 0) is 53.9 Å². The Kier molecular flexibility index (Phi) is 7.46. The van der Waals surface area contributed by atoms with Gasteiger partial charge in [0.05, 0.1) is 4.90 Å². The first kappa shape index (κ1) is 26.9. The number of nitrogens with zero attached hydrogens (tertiary/aromatic N) is 1. The molecular weight excluding hydrogens is 543 g/mol. The quantitative estimate of drug-likeness (QED) is 0.409. The summed E-state index contributed by atoms with van der Waals surface area (Å²) in [5.41, 5.74) is 1.45. The highest BCUT2D eigenvalue weighted by molar-refractivity contribution is 8.15. The van der Waals surface area contributed by atoms with Gasteiger partial charge in [-0.3, -0.25) is 19.7 Å². The molecular formula is C28H25FN2O6S2. The van der Waals surface area contributed by atoms with Crippen LogP contribution in [0.4, 0.5) is 9.18 Å². The maximum absolute atomic E-state index is 14.1. The fourth-order valence-corrected chi connectivity index (χ4v) is 7.74. The lowest BCUT2D eigenvalue weighted by atomic mass is 9.97. The second kappa shape index (κ2) is 10.8. The number of nitrogens with one attached hydrogen (secondary N) is 1. The van der Waals surface area contributed by atoms with Crippen molar-refractivity contribution in [3.63, 3.8) is 0 Å². The summed E-state index contributed by atoms with van der Waals surface area (Å²) >= 11 is 0.751. The van der Waals surface area contributed by atoms with Crippen LogP contribution in [0.2, 0.25) is 0 Å². The fourth-order valence-electron chi connectivity index (χ4n) is 4.86. The minimum atomic E-state index is -4.09. The lowest BCUT2D eigenvalue weighted by molar-refractivity contribution is -0.132. The monoisotopic (exact) mass is 568 g/mol. The molecule has 2 saturated heterocycles. The molecule has 5 rings (SSSR count). The average Bonchev–Trinajstić information content (AvgIpc) is 3.53. The zero-order valence-electron chi connectivity index (χ0n) is 20.7. The van der Waals surface area contributed by atoms with Gasteiger partial charge in [-0.1, -0.05) is 54.2 Å². The van der Waals surface area contributed by atoms with Crippen LogP contribution in [0.5, 0.6) is 5.75 Å². The molecule has 2 aliphatic rings. The number of amides is 3. The SMILES string of the molecule is O=C1NC(=O)C(CC(=O)N2CCC(c3ccc(OCc4ccccc4)cc3)(S(=O)(=O)c3ccc(F)cc3)C2)S1. The Morgan fingerprint density at radius 3 is 2.36 bits per heavy atom. The molecule has 0 radical (unpaired) electrons. The highest BCUT2D eigenvalue weighted by atomic mass is 32.2. The molecule has 0 saturated carbocycles. The van der Waals surface area contributed by atoms with Crippen LogP contribution in [0.15, 0.2) is 83.8 Å². The van der Waals surface area contributed by atoms with Crippen molar-refractivity contribution in [3.8, 4) is 5.75 Å². The van der Waals surface area contributed by atoms with Crippen molar-refractivity contribution in [2.45, 2.75) is 34.3 Å². The number of rotatable bonds is 8. The second-order valence-corrected chi connectivity index (χ2v) is 12.8. The first-order valence-corrected chi connectivity index (χ1v) is 14.6. The highest BCUT2D eigenvalue weighted by Gasteiger charge is 2.52. The van der Waals surface area contributed by atoms with Crippen LogP contribution in [0.3, 0.4) is 0 Å². The number of likely N-dealkylation sites (tertiary alicyclic amines) is 1. The van der Waals surface area contributed by atoms with Crippen LogP contribution in [0.1, 0.15) is 24.0 Å². The van der Waals surface area contributed by atoms with Crippen LogP contribution >= 0.6 is 11.8 Å². The number of benzene rings is 3. The summed E-state index contributed by atoms with van der Waals surface area (Å²) in [5, 5.41) is 0.793. The Hall–Kier alpha value is -3.70. The van der Waals surface area contributed by atoms with E-state index in [9.17, 15) is 27.2 Å². The lowest BCUT2D eigenvalue weighted by Gasteiger charge is -2.30. The molecule has 3 aromatic rings. The lowest BCUT2D eigenvalue weighted by Crippen LogP contribution is -2.41. The number of sulfone groups is 1. The highest BCUT2D eigenvalue weighted by Crippen LogP contribution is 2.44. The first-order valence-electron chi connectivity index (χ1n) is 12.2. The van der Waals surface area contributed by atoms with Crippen molar-refractivity contribution in [3.05, 3.63) is 95.8 Å².